The Bertz CT molecular complexity index is 971. The van der Waals surface area contributed by atoms with Crippen molar-refractivity contribution in [3.63, 3.8) is 0 Å². The van der Waals surface area contributed by atoms with Crippen LogP contribution >= 0.6 is 0 Å². The molecule has 5 rings (SSSR count). The summed E-state index contributed by atoms with van der Waals surface area (Å²) in [5.74, 6) is 0.998. The summed E-state index contributed by atoms with van der Waals surface area (Å²) in [4.78, 5) is 32.4. The first-order valence-corrected chi connectivity index (χ1v) is 11.8. The van der Waals surface area contributed by atoms with E-state index >= 15 is 0 Å². The molecule has 2 atom stereocenters. The number of pyridine rings is 1. The van der Waals surface area contributed by atoms with Gasteiger partial charge in [0.1, 0.15) is 5.82 Å². The summed E-state index contributed by atoms with van der Waals surface area (Å²) in [5, 5.41) is 6.35. The Kier molecular flexibility index (Phi) is 5.39. The number of carbonyl (C=O) groups excluding carboxylic acids is 2. The highest BCUT2D eigenvalue weighted by molar-refractivity contribution is 5.94. The summed E-state index contributed by atoms with van der Waals surface area (Å²) in [6, 6.07) is 15.1. The van der Waals surface area contributed by atoms with E-state index in [1.165, 1.54) is 0 Å². The Balaban J connectivity index is 1.23. The summed E-state index contributed by atoms with van der Waals surface area (Å²) >= 11 is 0. The van der Waals surface area contributed by atoms with E-state index in [9.17, 15) is 9.59 Å². The van der Waals surface area contributed by atoms with E-state index in [4.69, 9.17) is 0 Å². The van der Waals surface area contributed by atoms with Crippen molar-refractivity contribution in [2.24, 2.45) is 0 Å². The number of nitrogens with zero attached hydrogens (tertiary/aromatic N) is 2. The van der Waals surface area contributed by atoms with Crippen LogP contribution in [-0.2, 0) is 10.2 Å². The van der Waals surface area contributed by atoms with Crippen LogP contribution in [-0.4, -0.2) is 41.0 Å². The van der Waals surface area contributed by atoms with Gasteiger partial charge < -0.3 is 15.5 Å². The molecule has 1 aromatic carbocycles. The molecule has 1 saturated carbocycles. The van der Waals surface area contributed by atoms with E-state index in [-0.39, 0.29) is 17.9 Å². The summed E-state index contributed by atoms with van der Waals surface area (Å²) in [5.41, 5.74) is 1.10. The molecule has 3 fully saturated rings. The average Bonchev–Trinajstić information content (AvgIpc) is 3.57. The van der Waals surface area contributed by atoms with Gasteiger partial charge in [0.15, 0.2) is 0 Å². The summed E-state index contributed by atoms with van der Waals surface area (Å²) in [6.45, 7) is 3.98. The Morgan fingerprint density at radius 3 is 2.19 bits per heavy atom. The minimum atomic E-state index is -0.560. The lowest BCUT2D eigenvalue weighted by Gasteiger charge is -2.41. The Hall–Kier alpha value is -2.89. The minimum absolute atomic E-state index is 0.0306. The van der Waals surface area contributed by atoms with Crippen molar-refractivity contribution in [2.45, 2.75) is 82.0 Å². The van der Waals surface area contributed by atoms with E-state index < -0.39 is 5.41 Å². The first-order valence-electron chi connectivity index (χ1n) is 11.8. The van der Waals surface area contributed by atoms with Crippen LogP contribution in [0.4, 0.5) is 5.82 Å². The average molecular weight is 433 g/mol. The zero-order valence-corrected chi connectivity index (χ0v) is 18.9. The lowest BCUT2D eigenvalue weighted by molar-refractivity contribution is -0.126. The van der Waals surface area contributed by atoms with Crippen LogP contribution < -0.4 is 15.5 Å². The third-order valence-electron chi connectivity index (χ3n) is 7.32. The van der Waals surface area contributed by atoms with Gasteiger partial charge in [-0.2, -0.15) is 0 Å². The largest absolute Gasteiger partial charge is 0.352 e. The molecule has 2 aromatic rings. The minimum Gasteiger partial charge on any atom is -0.352 e. The third kappa shape index (κ3) is 4.10. The normalized spacial score (nSPS) is 24.8. The molecule has 2 unspecified atom stereocenters. The second-order valence-electron chi connectivity index (χ2n) is 10.1. The highest BCUT2D eigenvalue weighted by Gasteiger charge is 2.43. The second-order valence-corrected chi connectivity index (χ2v) is 10.1. The number of nitrogens with one attached hydrogen (secondary N) is 2. The van der Waals surface area contributed by atoms with Crippen molar-refractivity contribution < 1.29 is 9.59 Å². The Labute approximate surface area is 189 Å². The van der Waals surface area contributed by atoms with Crippen LogP contribution in [0.5, 0.6) is 0 Å². The van der Waals surface area contributed by atoms with E-state index in [1.807, 2.05) is 56.3 Å². The van der Waals surface area contributed by atoms with Gasteiger partial charge in [-0.1, -0.05) is 30.3 Å². The second kappa shape index (κ2) is 8.23. The van der Waals surface area contributed by atoms with Gasteiger partial charge in [0.05, 0.1) is 11.0 Å². The first-order chi connectivity index (χ1) is 15.4. The van der Waals surface area contributed by atoms with Crippen molar-refractivity contribution in [3.8, 4) is 0 Å². The van der Waals surface area contributed by atoms with Gasteiger partial charge in [-0.25, -0.2) is 4.98 Å². The van der Waals surface area contributed by atoms with Crippen molar-refractivity contribution >= 4 is 17.6 Å². The number of rotatable bonds is 6. The maximum absolute atomic E-state index is 13.1. The number of fused-ring (bicyclic) bond motifs is 2. The molecule has 2 bridgehead atoms. The highest BCUT2D eigenvalue weighted by Crippen LogP contribution is 2.39. The molecule has 2 saturated heterocycles. The maximum Gasteiger partial charge on any atom is 0.253 e. The molecule has 0 spiro atoms. The maximum atomic E-state index is 13.1. The number of aromatic nitrogens is 1. The number of anilines is 1. The molecule has 168 valence electrons. The van der Waals surface area contributed by atoms with Gasteiger partial charge in [0, 0.05) is 30.4 Å². The topological polar surface area (TPSA) is 74.3 Å². The van der Waals surface area contributed by atoms with Crippen LogP contribution in [0.3, 0.4) is 0 Å². The molecule has 6 heteroatoms. The number of hydrogen-bond acceptors (Lipinski definition) is 4. The lowest BCUT2D eigenvalue weighted by atomic mass is 9.83. The number of hydrogen-bond donors (Lipinski definition) is 2. The number of carbonyl (C=O) groups is 2. The zero-order chi connectivity index (χ0) is 22.3. The van der Waals surface area contributed by atoms with Gasteiger partial charge in [0.2, 0.25) is 5.91 Å². The fourth-order valence-corrected chi connectivity index (χ4v) is 5.19. The quantitative estimate of drug-likeness (QED) is 0.732. The van der Waals surface area contributed by atoms with Crippen LogP contribution in [0.15, 0.2) is 48.7 Å². The summed E-state index contributed by atoms with van der Waals surface area (Å²) < 4.78 is 0. The van der Waals surface area contributed by atoms with Gasteiger partial charge in [-0.15, -0.1) is 0 Å². The highest BCUT2D eigenvalue weighted by atomic mass is 16.2. The van der Waals surface area contributed by atoms with Crippen molar-refractivity contribution in [1.29, 1.82) is 0 Å². The van der Waals surface area contributed by atoms with Crippen LogP contribution in [0, 0.1) is 0 Å². The van der Waals surface area contributed by atoms with Gasteiger partial charge >= 0.3 is 0 Å². The Morgan fingerprint density at radius 1 is 0.906 bits per heavy atom. The molecular weight excluding hydrogens is 400 g/mol. The van der Waals surface area contributed by atoms with E-state index in [2.05, 4.69) is 20.5 Å². The first kappa shape index (κ1) is 21.0. The van der Waals surface area contributed by atoms with Gasteiger partial charge in [-0.3, -0.25) is 9.59 Å². The van der Waals surface area contributed by atoms with E-state index in [1.54, 1.807) is 6.20 Å². The summed E-state index contributed by atoms with van der Waals surface area (Å²) in [7, 11) is 0. The van der Waals surface area contributed by atoms with Crippen LogP contribution in [0.25, 0.3) is 0 Å². The van der Waals surface area contributed by atoms with Crippen molar-refractivity contribution in [1.82, 2.24) is 15.6 Å². The fraction of sp³-hybridized carbons (Fsp3) is 0.500. The predicted octanol–water partition coefficient (Wildman–Crippen LogP) is 3.57. The third-order valence-corrected chi connectivity index (χ3v) is 7.32. The molecule has 6 nitrogen and oxygen atoms in total. The molecule has 3 heterocycles. The zero-order valence-electron chi connectivity index (χ0n) is 18.9. The SMILES string of the molecule is CC(C)(C(=O)NC1CC2CCC(C1)N2c1ccc(C(=O)NC2CC2)cn1)c1ccccc1. The molecule has 2 N–H and O–H groups in total. The standard InChI is InChI=1S/C26H32N4O2/c1-26(2,18-6-4-3-5-7-18)25(32)29-20-14-21-11-12-22(15-20)30(21)23-13-8-17(16-27-23)24(31)28-19-9-10-19/h3-8,13,16,19-22H,9-12,14-15H2,1-2H3,(H,28,31)(H,29,32). The van der Waals surface area contributed by atoms with Gasteiger partial charge in [-0.05, 0) is 70.1 Å². The van der Waals surface area contributed by atoms with Gasteiger partial charge in [0.25, 0.3) is 5.91 Å². The molecule has 1 aliphatic carbocycles. The molecular formula is C26H32N4O2. The number of benzene rings is 1. The van der Waals surface area contributed by atoms with E-state index in [0.717, 1.165) is 49.9 Å². The molecule has 32 heavy (non-hydrogen) atoms. The fourth-order valence-electron chi connectivity index (χ4n) is 5.19. The molecule has 0 radical (unpaired) electrons. The molecule has 3 aliphatic rings. The number of amides is 2. The molecule has 2 aliphatic heterocycles. The number of piperidine rings is 1. The van der Waals surface area contributed by atoms with Crippen LogP contribution in [0.1, 0.15) is 68.3 Å². The van der Waals surface area contributed by atoms with Crippen LogP contribution in [0.2, 0.25) is 0 Å². The molecule has 1 aromatic heterocycles. The lowest BCUT2D eigenvalue weighted by Crippen LogP contribution is -2.53. The Morgan fingerprint density at radius 2 is 1.59 bits per heavy atom. The van der Waals surface area contributed by atoms with Crippen molar-refractivity contribution in [2.75, 3.05) is 4.90 Å². The monoisotopic (exact) mass is 432 g/mol. The smallest absolute Gasteiger partial charge is 0.253 e. The molecule has 2 amide bonds. The summed E-state index contributed by atoms with van der Waals surface area (Å²) in [6.07, 6.45) is 7.94. The van der Waals surface area contributed by atoms with E-state index in [0.29, 0.717) is 23.7 Å². The predicted molar refractivity (Wildman–Crippen MR) is 125 cm³/mol. The van der Waals surface area contributed by atoms with Crippen molar-refractivity contribution in [3.05, 3.63) is 59.8 Å².